The van der Waals surface area contributed by atoms with Gasteiger partial charge in [0.2, 0.25) is 0 Å². The minimum atomic E-state index is 0.483. The first kappa shape index (κ1) is 13.9. The molecule has 3 heteroatoms. The zero-order chi connectivity index (χ0) is 13.0. The minimum Gasteiger partial charge on any atom is -0.329 e. The Morgan fingerprint density at radius 2 is 2.06 bits per heavy atom. The highest BCUT2D eigenvalue weighted by molar-refractivity contribution is 6.30. The van der Waals surface area contributed by atoms with Crippen molar-refractivity contribution in [1.82, 2.24) is 4.90 Å². The van der Waals surface area contributed by atoms with Crippen LogP contribution in [0.15, 0.2) is 24.3 Å². The molecule has 1 fully saturated rings. The lowest BCUT2D eigenvalue weighted by atomic mass is 9.95. The third-order valence-electron chi connectivity index (χ3n) is 3.99. The molecule has 1 saturated heterocycles. The van der Waals surface area contributed by atoms with Gasteiger partial charge in [-0.1, -0.05) is 37.1 Å². The Morgan fingerprint density at radius 3 is 2.67 bits per heavy atom. The normalized spacial score (nSPS) is 22.9. The number of hydrogen-bond donors (Lipinski definition) is 1. The van der Waals surface area contributed by atoms with Gasteiger partial charge in [0, 0.05) is 23.7 Å². The van der Waals surface area contributed by atoms with Crippen molar-refractivity contribution in [3.8, 4) is 0 Å². The fourth-order valence-corrected chi connectivity index (χ4v) is 3.16. The van der Waals surface area contributed by atoms with E-state index in [-0.39, 0.29) is 0 Å². The van der Waals surface area contributed by atoms with Crippen LogP contribution in [0.25, 0.3) is 0 Å². The molecule has 1 aliphatic rings. The van der Waals surface area contributed by atoms with Gasteiger partial charge in [0.25, 0.3) is 0 Å². The molecule has 0 saturated carbocycles. The maximum Gasteiger partial charge on any atom is 0.0406 e. The van der Waals surface area contributed by atoms with E-state index < -0.39 is 0 Å². The highest BCUT2D eigenvalue weighted by Crippen LogP contribution is 2.31. The Kier molecular flexibility index (Phi) is 5.04. The third-order valence-corrected chi connectivity index (χ3v) is 4.24. The SMILES string of the molecule is CCC(c1ccc(Cl)cc1)N1CCCCC1CN. The van der Waals surface area contributed by atoms with Crippen LogP contribution < -0.4 is 5.73 Å². The average Bonchev–Trinajstić information content (AvgIpc) is 2.42. The monoisotopic (exact) mass is 266 g/mol. The predicted molar refractivity (Wildman–Crippen MR) is 77.9 cm³/mol. The molecule has 1 aliphatic heterocycles. The summed E-state index contributed by atoms with van der Waals surface area (Å²) < 4.78 is 0. The molecule has 2 N–H and O–H groups in total. The van der Waals surface area contributed by atoms with Crippen molar-refractivity contribution in [3.05, 3.63) is 34.9 Å². The van der Waals surface area contributed by atoms with Gasteiger partial charge in [0.1, 0.15) is 0 Å². The van der Waals surface area contributed by atoms with E-state index in [1.807, 2.05) is 12.1 Å². The van der Waals surface area contributed by atoms with E-state index in [9.17, 15) is 0 Å². The van der Waals surface area contributed by atoms with Gasteiger partial charge in [0.15, 0.2) is 0 Å². The van der Waals surface area contributed by atoms with Gasteiger partial charge >= 0.3 is 0 Å². The van der Waals surface area contributed by atoms with E-state index in [2.05, 4.69) is 24.0 Å². The Balaban J connectivity index is 2.18. The van der Waals surface area contributed by atoms with Crippen LogP contribution in [-0.2, 0) is 0 Å². The van der Waals surface area contributed by atoms with Crippen molar-refractivity contribution in [3.63, 3.8) is 0 Å². The molecule has 0 bridgehead atoms. The quantitative estimate of drug-likeness (QED) is 0.902. The predicted octanol–water partition coefficient (Wildman–Crippen LogP) is 3.60. The van der Waals surface area contributed by atoms with Gasteiger partial charge in [-0.3, -0.25) is 4.90 Å². The maximum atomic E-state index is 5.97. The van der Waals surface area contributed by atoms with E-state index in [4.69, 9.17) is 17.3 Å². The first-order chi connectivity index (χ1) is 8.76. The van der Waals surface area contributed by atoms with Crippen LogP contribution >= 0.6 is 11.6 Å². The van der Waals surface area contributed by atoms with E-state index in [1.165, 1.54) is 31.4 Å². The van der Waals surface area contributed by atoms with E-state index >= 15 is 0 Å². The molecule has 0 radical (unpaired) electrons. The highest BCUT2D eigenvalue weighted by atomic mass is 35.5. The van der Waals surface area contributed by atoms with Gasteiger partial charge in [0.05, 0.1) is 0 Å². The van der Waals surface area contributed by atoms with Gasteiger partial charge in [-0.05, 0) is 43.5 Å². The second-order valence-corrected chi connectivity index (χ2v) is 5.54. The van der Waals surface area contributed by atoms with E-state index in [0.717, 1.165) is 18.0 Å². The zero-order valence-electron chi connectivity index (χ0n) is 11.1. The minimum absolute atomic E-state index is 0.483. The molecule has 1 aromatic carbocycles. The van der Waals surface area contributed by atoms with Crippen LogP contribution in [-0.4, -0.2) is 24.0 Å². The zero-order valence-corrected chi connectivity index (χ0v) is 11.9. The van der Waals surface area contributed by atoms with Crippen LogP contribution in [0.3, 0.4) is 0 Å². The molecule has 2 unspecified atom stereocenters. The molecule has 18 heavy (non-hydrogen) atoms. The molecule has 0 amide bonds. The van der Waals surface area contributed by atoms with Crippen molar-refractivity contribution in [2.24, 2.45) is 5.73 Å². The fraction of sp³-hybridized carbons (Fsp3) is 0.600. The molecule has 1 heterocycles. The Morgan fingerprint density at radius 1 is 1.33 bits per heavy atom. The summed E-state index contributed by atoms with van der Waals surface area (Å²) in [7, 11) is 0. The number of nitrogens with zero attached hydrogens (tertiary/aromatic N) is 1. The summed E-state index contributed by atoms with van der Waals surface area (Å²) in [5.41, 5.74) is 7.29. The van der Waals surface area contributed by atoms with Crippen molar-refractivity contribution in [1.29, 1.82) is 0 Å². The number of rotatable bonds is 4. The molecule has 2 nitrogen and oxygen atoms in total. The number of halogens is 1. The van der Waals surface area contributed by atoms with Gasteiger partial charge < -0.3 is 5.73 Å². The van der Waals surface area contributed by atoms with Crippen LogP contribution in [0, 0.1) is 0 Å². The number of nitrogens with two attached hydrogens (primary N) is 1. The first-order valence-electron chi connectivity index (χ1n) is 6.97. The molecule has 2 atom stereocenters. The largest absolute Gasteiger partial charge is 0.329 e. The summed E-state index contributed by atoms with van der Waals surface area (Å²) in [4.78, 5) is 2.59. The highest BCUT2D eigenvalue weighted by Gasteiger charge is 2.27. The van der Waals surface area contributed by atoms with Crippen molar-refractivity contribution < 1.29 is 0 Å². The lowest BCUT2D eigenvalue weighted by molar-refractivity contribution is 0.0960. The standard InChI is InChI=1S/C15H23ClN2/c1-2-15(12-6-8-13(16)9-7-12)18-10-4-3-5-14(18)11-17/h6-9,14-15H,2-5,10-11,17H2,1H3. The van der Waals surface area contributed by atoms with Gasteiger partial charge in [-0.2, -0.15) is 0 Å². The summed E-state index contributed by atoms with van der Waals surface area (Å²) in [6.45, 7) is 4.19. The molecular weight excluding hydrogens is 244 g/mol. The molecule has 0 aliphatic carbocycles. The fourth-order valence-electron chi connectivity index (χ4n) is 3.03. The number of benzene rings is 1. The number of likely N-dealkylation sites (tertiary alicyclic amines) is 1. The lowest BCUT2D eigenvalue weighted by Gasteiger charge is -2.40. The Hall–Kier alpha value is -0.570. The van der Waals surface area contributed by atoms with Crippen molar-refractivity contribution >= 4 is 11.6 Å². The first-order valence-corrected chi connectivity index (χ1v) is 7.35. The summed E-state index contributed by atoms with van der Waals surface area (Å²) in [6, 6.07) is 9.30. The van der Waals surface area contributed by atoms with Crippen molar-refractivity contribution in [2.45, 2.75) is 44.7 Å². The second kappa shape index (κ2) is 6.55. The van der Waals surface area contributed by atoms with Crippen LogP contribution in [0.2, 0.25) is 5.02 Å². The second-order valence-electron chi connectivity index (χ2n) is 5.10. The van der Waals surface area contributed by atoms with Gasteiger partial charge in [-0.15, -0.1) is 0 Å². The van der Waals surface area contributed by atoms with E-state index in [0.29, 0.717) is 12.1 Å². The molecule has 1 aromatic rings. The topological polar surface area (TPSA) is 29.3 Å². The smallest absolute Gasteiger partial charge is 0.0406 e. The summed E-state index contributed by atoms with van der Waals surface area (Å²) in [5, 5.41) is 0.808. The summed E-state index contributed by atoms with van der Waals surface area (Å²) in [6.07, 6.45) is 4.97. The van der Waals surface area contributed by atoms with Crippen molar-refractivity contribution in [2.75, 3.05) is 13.1 Å². The summed E-state index contributed by atoms with van der Waals surface area (Å²) in [5.74, 6) is 0. The van der Waals surface area contributed by atoms with Gasteiger partial charge in [-0.25, -0.2) is 0 Å². The van der Waals surface area contributed by atoms with Crippen LogP contribution in [0.4, 0.5) is 0 Å². The maximum absolute atomic E-state index is 5.97. The molecule has 100 valence electrons. The Labute approximate surface area is 115 Å². The molecular formula is C15H23ClN2. The van der Waals surface area contributed by atoms with Crippen LogP contribution in [0.5, 0.6) is 0 Å². The van der Waals surface area contributed by atoms with Crippen LogP contribution in [0.1, 0.15) is 44.2 Å². The lowest BCUT2D eigenvalue weighted by Crippen LogP contribution is -2.45. The summed E-state index contributed by atoms with van der Waals surface area (Å²) >= 11 is 5.97. The molecule has 0 aromatic heterocycles. The number of hydrogen-bond acceptors (Lipinski definition) is 2. The van der Waals surface area contributed by atoms with E-state index in [1.54, 1.807) is 0 Å². The average molecular weight is 267 g/mol. The Bertz CT molecular complexity index is 363. The molecule has 2 rings (SSSR count). The third kappa shape index (κ3) is 3.05. The molecule has 0 spiro atoms. The number of piperidine rings is 1.